The molecule has 0 aliphatic carbocycles. The molecule has 0 saturated carbocycles. The van der Waals surface area contributed by atoms with Gasteiger partial charge in [-0.15, -0.1) is 0 Å². The number of hydrogen-bond acceptors (Lipinski definition) is 5. The number of rotatable bonds is 5. The van der Waals surface area contributed by atoms with E-state index in [4.69, 9.17) is 11.6 Å². The number of carbonyl (C=O) groups excluding carboxylic acids is 2. The number of hydrogen-bond donors (Lipinski definition) is 2. The Morgan fingerprint density at radius 2 is 1.81 bits per heavy atom. The summed E-state index contributed by atoms with van der Waals surface area (Å²) in [5.41, 5.74) is 1.16. The molecular formula is C24H29ClN4O3. The lowest BCUT2D eigenvalue weighted by Gasteiger charge is -2.35. The Morgan fingerprint density at radius 1 is 1.06 bits per heavy atom. The number of piperidine rings is 2. The summed E-state index contributed by atoms with van der Waals surface area (Å²) < 4.78 is 0. The van der Waals surface area contributed by atoms with Crippen LogP contribution in [0, 0.1) is 5.92 Å². The molecule has 4 rings (SSSR count). The number of pyridine rings is 1. The fourth-order valence-corrected chi connectivity index (χ4v) is 4.60. The van der Waals surface area contributed by atoms with Gasteiger partial charge in [-0.05, 0) is 61.9 Å². The van der Waals surface area contributed by atoms with Crippen LogP contribution in [0.15, 0.2) is 42.6 Å². The first-order valence-electron chi connectivity index (χ1n) is 11.2. The van der Waals surface area contributed by atoms with Crippen molar-refractivity contribution in [3.05, 3.63) is 53.2 Å². The highest BCUT2D eigenvalue weighted by atomic mass is 35.5. The maximum atomic E-state index is 12.7. The normalized spacial score (nSPS) is 17.9. The first-order valence-corrected chi connectivity index (χ1v) is 11.6. The molecule has 0 unspecified atom stereocenters. The number of nitrogens with zero attached hydrogens (tertiary/aromatic N) is 3. The van der Waals surface area contributed by atoms with Crippen LogP contribution in [0.3, 0.4) is 0 Å². The van der Waals surface area contributed by atoms with Gasteiger partial charge in [0.15, 0.2) is 5.82 Å². The van der Waals surface area contributed by atoms with E-state index in [1.165, 1.54) is 0 Å². The summed E-state index contributed by atoms with van der Waals surface area (Å²) in [5, 5.41) is 13.1. The van der Waals surface area contributed by atoms with Crippen molar-refractivity contribution in [3.63, 3.8) is 0 Å². The monoisotopic (exact) mass is 456 g/mol. The highest BCUT2D eigenvalue weighted by Crippen LogP contribution is 2.30. The zero-order chi connectivity index (χ0) is 22.5. The molecule has 2 aromatic rings. The summed E-state index contributed by atoms with van der Waals surface area (Å²) >= 11 is 6.01. The van der Waals surface area contributed by atoms with Crippen LogP contribution in [0.2, 0.25) is 5.02 Å². The Labute approximate surface area is 193 Å². The third-order valence-electron chi connectivity index (χ3n) is 6.32. The van der Waals surface area contributed by atoms with Crippen LogP contribution in [-0.4, -0.2) is 59.1 Å². The summed E-state index contributed by atoms with van der Waals surface area (Å²) in [6.07, 6.45) is 5.17. The number of amides is 2. The minimum absolute atomic E-state index is 0.197. The molecule has 170 valence electrons. The molecular weight excluding hydrogens is 428 g/mol. The third kappa shape index (κ3) is 5.58. The van der Waals surface area contributed by atoms with Crippen LogP contribution in [-0.2, 0) is 4.79 Å². The Balaban J connectivity index is 1.34. The van der Waals surface area contributed by atoms with Gasteiger partial charge < -0.3 is 20.2 Å². The quantitative estimate of drug-likeness (QED) is 0.718. The van der Waals surface area contributed by atoms with Crippen molar-refractivity contribution in [2.24, 2.45) is 5.92 Å². The predicted molar refractivity (Wildman–Crippen MR) is 125 cm³/mol. The van der Waals surface area contributed by atoms with Gasteiger partial charge in [-0.25, -0.2) is 4.98 Å². The van der Waals surface area contributed by atoms with Crippen molar-refractivity contribution in [2.75, 3.05) is 36.4 Å². The van der Waals surface area contributed by atoms with E-state index in [0.717, 1.165) is 31.7 Å². The van der Waals surface area contributed by atoms with Crippen LogP contribution < -0.4 is 10.2 Å². The first-order chi connectivity index (χ1) is 15.5. The second kappa shape index (κ2) is 10.3. The molecule has 0 spiro atoms. The molecule has 7 nitrogen and oxygen atoms in total. The average Bonchev–Trinajstić information content (AvgIpc) is 2.80. The summed E-state index contributed by atoms with van der Waals surface area (Å²) in [7, 11) is 0. The maximum absolute atomic E-state index is 12.7. The van der Waals surface area contributed by atoms with Crippen molar-refractivity contribution in [1.82, 2.24) is 9.88 Å². The lowest BCUT2D eigenvalue weighted by molar-refractivity contribution is -0.134. The van der Waals surface area contributed by atoms with Gasteiger partial charge >= 0.3 is 0 Å². The minimum Gasteiger partial charge on any atom is -0.393 e. The van der Waals surface area contributed by atoms with Crippen molar-refractivity contribution in [1.29, 1.82) is 0 Å². The fourth-order valence-electron chi connectivity index (χ4n) is 4.41. The molecule has 3 heterocycles. The van der Waals surface area contributed by atoms with E-state index in [2.05, 4.69) is 15.2 Å². The van der Waals surface area contributed by atoms with Crippen LogP contribution in [0.1, 0.15) is 42.5 Å². The second-order valence-corrected chi connectivity index (χ2v) is 9.02. The largest absolute Gasteiger partial charge is 0.393 e. The number of carbonyl (C=O) groups is 2. The van der Waals surface area contributed by atoms with Crippen LogP contribution >= 0.6 is 11.6 Å². The van der Waals surface area contributed by atoms with Gasteiger partial charge in [-0.2, -0.15) is 0 Å². The summed E-state index contributed by atoms with van der Waals surface area (Å²) in [5.74, 6) is 1.06. The molecule has 2 aliphatic rings. The van der Waals surface area contributed by atoms with Gasteiger partial charge in [-0.1, -0.05) is 17.7 Å². The highest BCUT2D eigenvalue weighted by Gasteiger charge is 2.27. The number of nitrogens with one attached hydrogen (secondary N) is 1. The number of anilines is 2. The molecule has 1 aromatic heterocycles. The zero-order valence-electron chi connectivity index (χ0n) is 18.0. The number of aromatic nitrogens is 1. The molecule has 0 bridgehead atoms. The molecule has 2 aliphatic heterocycles. The number of halogens is 1. The first kappa shape index (κ1) is 22.6. The van der Waals surface area contributed by atoms with Crippen molar-refractivity contribution in [3.8, 4) is 0 Å². The van der Waals surface area contributed by atoms with E-state index in [1.54, 1.807) is 36.5 Å². The van der Waals surface area contributed by atoms with Crippen LogP contribution in [0.4, 0.5) is 11.5 Å². The lowest BCUT2D eigenvalue weighted by Crippen LogP contribution is -2.42. The minimum atomic E-state index is -0.269. The van der Waals surface area contributed by atoms with Gasteiger partial charge in [-0.3, -0.25) is 9.59 Å². The summed E-state index contributed by atoms with van der Waals surface area (Å²) in [6.45, 7) is 2.88. The molecule has 2 amide bonds. The van der Waals surface area contributed by atoms with Gasteiger partial charge in [0.1, 0.15) is 0 Å². The summed E-state index contributed by atoms with van der Waals surface area (Å²) in [6, 6.07) is 10.5. The van der Waals surface area contributed by atoms with Gasteiger partial charge in [0, 0.05) is 49.4 Å². The Bertz CT molecular complexity index is 954. The Morgan fingerprint density at radius 3 is 2.53 bits per heavy atom. The molecule has 2 saturated heterocycles. The SMILES string of the molecule is O=C(Nc1cccnc1N1CCC(CC(=O)N2CCC(O)CC2)CC1)c1cccc(Cl)c1. The molecule has 0 radical (unpaired) electrons. The molecule has 8 heteroatoms. The third-order valence-corrected chi connectivity index (χ3v) is 6.55. The molecule has 0 atom stereocenters. The maximum Gasteiger partial charge on any atom is 0.255 e. The van der Waals surface area contributed by atoms with Crippen molar-refractivity contribution in [2.45, 2.75) is 38.2 Å². The Hall–Kier alpha value is -2.64. The number of aliphatic hydroxyl groups is 1. The second-order valence-electron chi connectivity index (χ2n) is 8.59. The number of likely N-dealkylation sites (tertiary alicyclic amines) is 1. The molecule has 1 aromatic carbocycles. The predicted octanol–water partition coefficient (Wildman–Crippen LogP) is 3.58. The smallest absolute Gasteiger partial charge is 0.255 e. The molecule has 2 fully saturated rings. The lowest BCUT2D eigenvalue weighted by atomic mass is 9.92. The van der Waals surface area contributed by atoms with Crippen molar-refractivity contribution < 1.29 is 14.7 Å². The van der Waals surface area contributed by atoms with E-state index in [0.29, 0.717) is 54.5 Å². The van der Waals surface area contributed by atoms with Crippen molar-refractivity contribution >= 4 is 34.9 Å². The van der Waals surface area contributed by atoms with Crippen LogP contribution in [0.5, 0.6) is 0 Å². The summed E-state index contributed by atoms with van der Waals surface area (Å²) in [4.78, 5) is 33.9. The number of benzene rings is 1. The number of aliphatic hydroxyl groups excluding tert-OH is 1. The molecule has 32 heavy (non-hydrogen) atoms. The fraction of sp³-hybridized carbons (Fsp3) is 0.458. The van der Waals surface area contributed by atoms with Gasteiger partial charge in [0.05, 0.1) is 11.8 Å². The standard InChI is InChI=1S/C24H29ClN4O3/c25-19-4-1-3-18(16-19)24(32)27-21-5-2-10-26-23(21)29-11-6-17(7-12-29)15-22(31)28-13-8-20(30)9-14-28/h1-5,10,16-17,20,30H,6-9,11-15H2,(H,27,32). The van der Waals surface area contributed by atoms with E-state index in [1.807, 2.05) is 11.0 Å². The zero-order valence-corrected chi connectivity index (χ0v) is 18.8. The van der Waals surface area contributed by atoms with E-state index >= 15 is 0 Å². The van der Waals surface area contributed by atoms with E-state index in [-0.39, 0.29) is 17.9 Å². The van der Waals surface area contributed by atoms with E-state index < -0.39 is 0 Å². The van der Waals surface area contributed by atoms with Gasteiger partial charge in [0.25, 0.3) is 5.91 Å². The van der Waals surface area contributed by atoms with E-state index in [9.17, 15) is 14.7 Å². The van der Waals surface area contributed by atoms with Gasteiger partial charge in [0.2, 0.25) is 5.91 Å². The molecule has 2 N–H and O–H groups in total. The Kier molecular flexibility index (Phi) is 7.27. The average molecular weight is 457 g/mol. The van der Waals surface area contributed by atoms with Crippen LogP contribution in [0.25, 0.3) is 0 Å². The topological polar surface area (TPSA) is 85.8 Å². The highest BCUT2D eigenvalue weighted by molar-refractivity contribution is 6.31.